The lowest BCUT2D eigenvalue weighted by molar-refractivity contribution is 0.441. The summed E-state index contributed by atoms with van der Waals surface area (Å²) in [4.78, 5) is 4.22. The highest BCUT2D eigenvalue weighted by atomic mass is 31.2. The maximum atomic E-state index is 11.9. The van der Waals surface area contributed by atoms with E-state index in [-0.39, 0.29) is 0 Å². The summed E-state index contributed by atoms with van der Waals surface area (Å²) in [6.07, 6.45) is 1.58. The maximum Gasteiger partial charge on any atom is 0.226 e. The molecular formula is C14H13N2O3P. The number of aromatic nitrogens is 2. The second-order valence-corrected chi connectivity index (χ2v) is 7.94. The normalized spacial score (nSPS) is 11.7. The second kappa shape index (κ2) is 4.76. The van der Waals surface area contributed by atoms with E-state index in [0.29, 0.717) is 22.8 Å². The monoisotopic (exact) mass is 288 g/mol. The number of oxazole rings is 1. The molecule has 0 aliphatic rings. The Kier molecular flexibility index (Phi) is 3.07. The topological polar surface area (TPSA) is 69.1 Å². The maximum absolute atomic E-state index is 11.9. The highest BCUT2D eigenvalue weighted by Crippen LogP contribution is 2.36. The molecule has 102 valence electrons. The molecule has 0 saturated carbocycles. The number of hydrogen-bond donors (Lipinski definition) is 0. The fourth-order valence-electron chi connectivity index (χ4n) is 1.74. The third-order valence-corrected chi connectivity index (χ3v) is 4.08. The molecule has 0 unspecified atom stereocenters. The van der Waals surface area contributed by atoms with Gasteiger partial charge in [-0.2, -0.15) is 0 Å². The Labute approximate surface area is 116 Å². The molecule has 3 rings (SSSR count). The van der Waals surface area contributed by atoms with E-state index in [9.17, 15) is 4.57 Å². The van der Waals surface area contributed by atoms with Crippen molar-refractivity contribution < 1.29 is 13.5 Å². The Morgan fingerprint density at radius 1 is 1.15 bits per heavy atom. The van der Waals surface area contributed by atoms with Crippen LogP contribution in [-0.2, 0) is 4.57 Å². The van der Waals surface area contributed by atoms with Crippen LogP contribution in [0.3, 0.4) is 0 Å². The average Bonchev–Trinajstić information content (AvgIpc) is 3.08. The van der Waals surface area contributed by atoms with Crippen LogP contribution >= 0.6 is 7.14 Å². The zero-order valence-electron chi connectivity index (χ0n) is 11.1. The molecule has 3 aromatic rings. The minimum Gasteiger partial charge on any atom is -0.434 e. The summed E-state index contributed by atoms with van der Waals surface area (Å²) in [5.41, 5.74) is 1.77. The molecule has 0 aliphatic heterocycles. The van der Waals surface area contributed by atoms with Crippen molar-refractivity contribution in [3.8, 4) is 22.9 Å². The van der Waals surface area contributed by atoms with E-state index in [1.54, 1.807) is 25.6 Å². The minimum absolute atomic E-state index is 0.380. The number of nitrogens with zero attached hydrogens (tertiary/aromatic N) is 2. The SMILES string of the molecule is CP(C)(=O)c1cc(-c2cnc(-c3ccccc3)o2)no1. The molecule has 0 fully saturated rings. The van der Waals surface area contributed by atoms with E-state index in [1.807, 2.05) is 30.3 Å². The molecule has 1 aromatic carbocycles. The van der Waals surface area contributed by atoms with Crippen molar-refractivity contribution in [2.24, 2.45) is 0 Å². The highest BCUT2D eigenvalue weighted by Gasteiger charge is 2.20. The van der Waals surface area contributed by atoms with Gasteiger partial charge in [-0.3, -0.25) is 0 Å². The van der Waals surface area contributed by atoms with Gasteiger partial charge < -0.3 is 13.5 Å². The Bertz CT molecular complexity index is 771. The molecular weight excluding hydrogens is 275 g/mol. The van der Waals surface area contributed by atoms with Gasteiger partial charge in [-0.25, -0.2) is 4.98 Å². The fraction of sp³-hybridized carbons (Fsp3) is 0.143. The summed E-state index contributed by atoms with van der Waals surface area (Å²) >= 11 is 0. The lowest BCUT2D eigenvalue weighted by Gasteiger charge is -1.96. The predicted molar refractivity (Wildman–Crippen MR) is 76.5 cm³/mol. The van der Waals surface area contributed by atoms with E-state index in [1.165, 1.54) is 0 Å². The largest absolute Gasteiger partial charge is 0.434 e. The fourth-order valence-corrected chi connectivity index (χ4v) is 2.41. The van der Waals surface area contributed by atoms with Crippen molar-refractivity contribution in [2.45, 2.75) is 0 Å². The van der Waals surface area contributed by atoms with Gasteiger partial charge in [-0.15, -0.1) is 0 Å². The summed E-state index contributed by atoms with van der Waals surface area (Å²) in [5.74, 6) is 1.01. The minimum atomic E-state index is -2.46. The lowest BCUT2D eigenvalue weighted by Crippen LogP contribution is -1.97. The first-order valence-corrected chi connectivity index (χ1v) is 8.68. The Balaban J connectivity index is 1.95. The molecule has 5 nitrogen and oxygen atoms in total. The summed E-state index contributed by atoms with van der Waals surface area (Å²) in [6, 6.07) is 11.2. The molecule has 0 radical (unpaired) electrons. The first-order valence-electron chi connectivity index (χ1n) is 6.08. The molecule has 2 aromatic heterocycles. The third-order valence-electron chi connectivity index (χ3n) is 2.81. The zero-order chi connectivity index (χ0) is 14.2. The molecule has 0 N–H and O–H groups in total. The van der Waals surface area contributed by atoms with Crippen LogP contribution < -0.4 is 5.50 Å². The summed E-state index contributed by atoms with van der Waals surface area (Å²) in [7, 11) is -2.46. The van der Waals surface area contributed by atoms with Crippen LogP contribution in [-0.4, -0.2) is 23.5 Å². The van der Waals surface area contributed by atoms with E-state index in [4.69, 9.17) is 8.94 Å². The Morgan fingerprint density at radius 2 is 1.90 bits per heavy atom. The third kappa shape index (κ3) is 2.45. The van der Waals surface area contributed by atoms with E-state index >= 15 is 0 Å². The molecule has 0 atom stereocenters. The molecule has 0 saturated heterocycles. The van der Waals surface area contributed by atoms with Gasteiger partial charge in [-0.1, -0.05) is 23.4 Å². The van der Waals surface area contributed by atoms with Crippen molar-refractivity contribution in [3.05, 3.63) is 42.6 Å². The van der Waals surface area contributed by atoms with E-state index in [2.05, 4.69) is 10.1 Å². The van der Waals surface area contributed by atoms with Crippen molar-refractivity contribution >= 4 is 12.6 Å². The summed E-state index contributed by atoms with van der Waals surface area (Å²) in [5, 5.41) is 3.88. The van der Waals surface area contributed by atoms with Crippen LogP contribution in [0.1, 0.15) is 0 Å². The van der Waals surface area contributed by atoms with Crippen LogP contribution in [0, 0.1) is 0 Å². The first-order chi connectivity index (χ1) is 9.54. The molecule has 0 aliphatic carbocycles. The first kappa shape index (κ1) is 12.9. The molecule has 0 bridgehead atoms. The van der Waals surface area contributed by atoms with Crippen LogP contribution in [0.5, 0.6) is 0 Å². The Morgan fingerprint density at radius 3 is 2.55 bits per heavy atom. The Hall–Kier alpha value is -2.13. The molecule has 20 heavy (non-hydrogen) atoms. The van der Waals surface area contributed by atoms with Crippen LogP contribution in [0.15, 0.2) is 51.5 Å². The standard InChI is InChI=1S/C14H13N2O3P/c1-20(2,17)13-8-11(16-19-13)12-9-15-14(18-12)10-6-4-3-5-7-10/h3-9H,1-2H3. The van der Waals surface area contributed by atoms with Gasteiger partial charge in [0, 0.05) is 11.6 Å². The van der Waals surface area contributed by atoms with E-state index in [0.717, 1.165) is 5.56 Å². The van der Waals surface area contributed by atoms with Crippen LogP contribution in [0.25, 0.3) is 22.9 Å². The van der Waals surface area contributed by atoms with Crippen molar-refractivity contribution in [3.63, 3.8) is 0 Å². The van der Waals surface area contributed by atoms with Crippen LogP contribution in [0.2, 0.25) is 0 Å². The van der Waals surface area contributed by atoms with Crippen LogP contribution in [0.4, 0.5) is 0 Å². The summed E-state index contributed by atoms with van der Waals surface area (Å²) in [6.45, 7) is 3.26. The van der Waals surface area contributed by atoms with Gasteiger partial charge in [-0.05, 0) is 25.5 Å². The molecule has 0 amide bonds. The molecule has 0 spiro atoms. The van der Waals surface area contributed by atoms with Crippen molar-refractivity contribution in [1.29, 1.82) is 0 Å². The summed E-state index contributed by atoms with van der Waals surface area (Å²) < 4.78 is 22.7. The van der Waals surface area contributed by atoms with Crippen molar-refractivity contribution in [1.82, 2.24) is 10.1 Å². The highest BCUT2D eigenvalue weighted by molar-refractivity contribution is 7.69. The predicted octanol–water partition coefficient (Wildman–Crippen LogP) is 3.24. The quantitative estimate of drug-likeness (QED) is 0.692. The van der Waals surface area contributed by atoms with Gasteiger partial charge in [0.05, 0.1) is 6.20 Å². The van der Waals surface area contributed by atoms with Gasteiger partial charge in [0.15, 0.2) is 17.0 Å². The lowest BCUT2D eigenvalue weighted by atomic mass is 10.2. The molecule has 2 heterocycles. The van der Waals surface area contributed by atoms with Gasteiger partial charge in [0.25, 0.3) is 0 Å². The second-order valence-electron chi connectivity index (χ2n) is 4.80. The van der Waals surface area contributed by atoms with Gasteiger partial charge in [0.2, 0.25) is 5.89 Å². The van der Waals surface area contributed by atoms with Crippen molar-refractivity contribution in [2.75, 3.05) is 13.3 Å². The number of hydrogen-bond acceptors (Lipinski definition) is 5. The van der Waals surface area contributed by atoms with Gasteiger partial charge >= 0.3 is 0 Å². The van der Waals surface area contributed by atoms with Gasteiger partial charge in [0.1, 0.15) is 7.14 Å². The number of benzene rings is 1. The number of rotatable bonds is 3. The zero-order valence-corrected chi connectivity index (χ0v) is 12.0. The molecule has 6 heteroatoms. The van der Waals surface area contributed by atoms with E-state index < -0.39 is 7.14 Å². The average molecular weight is 288 g/mol. The smallest absolute Gasteiger partial charge is 0.226 e.